The fourth-order valence-corrected chi connectivity index (χ4v) is 4.65. The van der Waals surface area contributed by atoms with E-state index < -0.39 is 10.0 Å². The van der Waals surface area contributed by atoms with Crippen LogP contribution in [-0.2, 0) is 21.2 Å². The predicted octanol–water partition coefficient (Wildman–Crippen LogP) is 1.50. The van der Waals surface area contributed by atoms with E-state index in [1.165, 1.54) is 11.4 Å². The molecule has 1 aromatic carbocycles. The van der Waals surface area contributed by atoms with Gasteiger partial charge in [-0.1, -0.05) is 13.0 Å². The minimum Gasteiger partial charge on any atom is -0.495 e. The van der Waals surface area contributed by atoms with Crippen molar-refractivity contribution < 1.29 is 17.9 Å². The highest BCUT2D eigenvalue weighted by molar-refractivity contribution is 7.89. The average Bonchev–Trinajstić information content (AvgIpc) is 3.45. The minimum absolute atomic E-state index is 0.175. The van der Waals surface area contributed by atoms with Crippen molar-refractivity contribution in [3.63, 3.8) is 0 Å². The van der Waals surface area contributed by atoms with Crippen LogP contribution in [0.25, 0.3) is 0 Å². The molecule has 0 bridgehead atoms. The van der Waals surface area contributed by atoms with E-state index in [-0.39, 0.29) is 16.7 Å². The number of rotatable bonds is 5. The number of piperazine rings is 1. The van der Waals surface area contributed by atoms with Gasteiger partial charge in [0.15, 0.2) is 0 Å². The van der Waals surface area contributed by atoms with Crippen LogP contribution in [0.5, 0.6) is 5.75 Å². The third-order valence-electron chi connectivity index (χ3n) is 4.73. The van der Waals surface area contributed by atoms with Crippen LogP contribution in [-0.4, -0.2) is 56.8 Å². The van der Waals surface area contributed by atoms with Gasteiger partial charge in [-0.05, 0) is 37.0 Å². The highest BCUT2D eigenvalue weighted by Crippen LogP contribution is 2.32. The molecule has 24 heavy (non-hydrogen) atoms. The van der Waals surface area contributed by atoms with E-state index in [0.717, 1.165) is 24.8 Å². The van der Waals surface area contributed by atoms with Crippen LogP contribution in [0.1, 0.15) is 25.3 Å². The molecule has 132 valence electrons. The number of sulfonamides is 1. The molecular weight excluding hydrogens is 328 g/mol. The first-order chi connectivity index (χ1) is 11.5. The Morgan fingerprint density at radius 1 is 1.21 bits per heavy atom. The van der Waals surface area contributed by atoms with Gasteiger partial charge in [0.2, 0.25) is 15.9 Å². The van der Waals surface area contributed by atoms with E-state index in [2.05, 4.69) is 0 Å². The van der Waals surface area contributed by atoms with E-state index in [1.807, 2.05) is 13.0 Å². The van der Waals surface area contributed by atoms with Crippen molar-refractivity contribution in [2.24, 2.45) is 5.92 Å². The van der Waals surface area contributed by atoms with Gasteiger partial charge in [-0.15, -0.1) is 0 Å². The lowest BCUT2D eigenvalue weighted by molar-refractivity contribution is -0.133. The molecule has 1 amide bonds. The zero-order valence-electron chi connectivity index (χ0n) is 14.2. The summed E-state index contributed by atoms with van der Waals surface area (Å²) in [6.45, 7) is 3.58. The molecule has 1 aliphatic carbocycles. The Kier molecular flexibility index (Phi) is 4.83. The summed E-state index contributed by atoms with van der Waals surface area (Å²) in [7, 11) is -2.14. The highest BCUT2D eigenvalue weighted by Gasteiger charge is 2.37. The first-order valence-electron chi connectivity index (χ1n) is 8.43. The van der Waals surface area contributed by atoms with E-state index >= 15 is 0 Å². The molecule has 2 aliphatic rings. The van der Waals surface area contributed by atoms with E-state index in [4.69, 9.17) is 4.74 Å². The molecular formula is C17H24N2O4S. The molecule has 1 aliphatic heterocycles. The topological polar surface area (TPSA) is 66.9 Å². The number of hydrogen-bond acceptors (Lipinski definition) is 4. The van der Waals surface area contributed by atoms with Crippen LogP contribution in [0.2, 0.25) is 0 Å². The molecule has 0 aromatic heterocycles. The molecule has 1 aromatic rings. The summed E-state index contributed by atoms with van der Waals surface area (Å²) in [6.07, 6.45) is 2.70. The normalized spacial score (nSPS) is 19.3. The van der Waals surface area contributed by atoms with E-state index in [9.17, 15) is 13.2 Å². The van der Waals surface area contributed by atoms with Gasteiger partial charge in [0.1, 0.15) is 10.6 Å². The average molecular weight is 352 g/mol. The quantitative estimate of drug-likeness (QED) is 0.805. The fraction of sp³-hybridized carbons (Fsp3) is 0.588. The Labute approximate surface area is 143 Å². The molecule has 7 heteroatoms. The van der Waals surface area contributed by atoms with Gasteiger partial charge < -0.3 is 9.64 Å². The van der Waals surface area contributed by atoms with Gasteiger partial charge in [0, 0.05) is 32.1 Å². The maximum atomic E-state index is 13.0. The first kappa shape index (κ1) is 17.2. The Bertz CT molecular complexity index is 720. The third kappa shape index (κ3) is 3.28. The van der Waals surface area contributed by atoms with Crippen LogP contribution < -0.4 is 4.74 Å². The third-order valence-corrected chi connectivity index (χ3v) is 6.65. The number of nitrogens with zero attached hydrogens (tertiary/aromatic N) is 2. The second-order valence-electron chi connectivity index (χ2n) is 6.34. The van der Waals surface area contributed by atoms with Crippen molar-refractivity contribution in [1.29, 1.82) is 0 Å². The van der Waals surface area contributed by atoms with Crippen molar-refractivity contribution in [2.45, 2.75) is 31.1 Å². The van der Waals surface area contributed by atoms with Gasteiger partial charge in [-0.2, -0.15) is 4.31 Å². The van der Waals surface area contributed by atoms with E-state index in [1.54, 1.807) is 17.0 Å². The Morgan fingerprint density at radius 3 is 2.42 bits per heavy atom. The summed E-state index contributed by atoms with van der Waals surface area (Å²) in [5.74, 6) is 0.718. The summed E-state index contributed by atoms with van der Waals surface area (Å²) in [5, 5.41) is 0. The van der Waals surface area contributed by atoms with Crippen molar-refractivity contribution in [1.82, 2.24) is 9.21 Å². The van der Waals surface area contributed by atoms with Crippen LogP contribution >= 0.6 is 0 Å². The zero-order valence-corrected chi connectivity index (χ0v) is 15.0. The largest absolute Gasteiger partial charge is 0.495 e. The van der Waals surface area contributed by atoms with Crippen molar-refractivity contribution in [3.05, 3.63) is 23.8 Å². The summed E-state index contributed by atoms with van der Waals surface area (Å²) < 4.78 is 32.7. The molecule has 1 heterocycles. The second-order valence-corrected chi connectivity index (χ2v) is 8.25. The number of aryl methyl sites for hydroxylation is 1. The van der Waals surface area contributed by atoms with Gasteiger partial charge in [-0.3, -0.25) is 4.79 Å². The summed E-state index contributed by atoms with van der Waals surface area (Å²) >= 11 is 0. The lowest BCUT2D eigenvalue weighted by Gasteiger charge is -2.34. The molecule has 0 spiro atoms. The van der Waals surface area contributed by atoms with Crippen LogP contribution in [0, 0.1) is 5.92 Å². The lowest BCUT2D eigenvalue weighted by Crippen LogP contribution is -2.50. The maximum Gasteiger partial charge on any atom is 0.246 e. The lowest BCUT2D eigenvalue weighted by atomic mass is 10.2. The Morgan fingerprint density at radius 2 is 1.88 bits per heavy atom. The summed E-state index contributed by atoms with van der Waals surface area (Å²) in [6, 6.07) is 5.28. The van der Waals surface area contributed by atoms with Crippen LogP contribution in [0.4, 0.5) is 0 Å². The van der Waals surface area contributed by atoms with Gasteiger partial charge in [0.05, 0.1) is 7.11 Å². The van der Waals surface area contributed by atoms with Gasteiger partial charge in [0.25, 0.3) is 0 Å². The zero-order chi connectivity index (χ0) is 17.3. The van der Waals surface area contributed by atoms with Crippen molar-refractivity contribution >= 4 is 15.9 Å². The first-order valence-corrected chi connectivity index (χ1v) is 9.87. The van der Waals surface area contributed by atoms with Crippen molar-refractivity contribution in [2.75, 3.05) is 33.3 Å². The summed E-state index contributed by atoms with van der Waals surface area (Å²) in [4.78, 5) is 14.1. The fourth-order valence-electron chi connectivity index (χ4n) is 3.02. The SMILES string of the molecule is CCc1ccc(OC)c(S(=O)(=O)N2CCN(C(=O)C3CC3)CC2)c1. The molecule has 0 unspecified atom stereocenters. The van der Waals surface area contributed by atoms with Crippen LogP contribution in [0.3, 0.4) is 0 Å². The molecule has 6 nitrogen and oxygen atoms in total. The van der Waals surface area contributed by atoms with Gasteiger partial charge in [-0.25, -0.2) is 8.42 Å². The number of hydrogen-bond donors (Lipinski definition) is 0. The number of benzene rings is 1. The minimum atomic E-state index is -3.62. The highest BCUT2D eigenvalue weighted by atomic mass is 32.2. The number of ether oxygens (including phenoxy) is 1. The second kappa shape index (κ2) is 6.72. The molecule has 0 radical (unpaired) electrons. The van der Waals surface area contributed by atoms with E-state index in [0.29, 0.717) is 31.9 Å². The summed E-state index contributed by atoms with van der Waals surface area (Å²) in [5.41, 5.74) is 0.955. The van der Waals surface area contributed by atoms with Crippen molar-refractivity contribution in [3.8, 4) is 5.75 Å². The Balaban J connectivity index is 1.78. The van der Waals surface area contributed by atoms with Gasteiger partial charge >= 0.3 is 0 Å². The molecule has 0 N–H and O–H groups in total. The number of amides is 1. The molecule has 1 saturated heterocycles. The molecule has 0 atom stereocenters. The smallest absolute Gasteiger partial charge is 0.246 e. The standard InChI is InChI=1S/C17H24N2O4S/c1-3-13-4-7-15(23-2)16(12-13)24(21,22)19-10-8-18(9-11-19)17(20)14-5-6-14/h4,7,12,14H,3,5-6,8-11H2,1-2H3. The predicted molar refractivity (Wildman–Crippen MR) is 90.4 cm³/mol. The molecule has 3 rings (SSSR count). The number of carbonyl (C=O) groups excluding carboxylic acids is 1. The van der Waals surface area contributed by atoms with Crippen LogP contribution in [0.15, 0.2) is 23.1 Å². The molecule has 1 saturated carbocycles. The monoisotopic (exact) mass is 352 g/mol. The number of carbonyl (C=O) groups is 1. The number of methoxy groups -OCH3 is 1. The Hall–Kier alpha value is -1.60. The molecule has 2 fully saturated rings. The maximum absolute atomic E-state index is 13.0.